The van der Waals surface area contributed by atoms with E-state index in [1.165, 1.54) is 0 Å². The summed E-state index contributed by atoms with van der Waals surface area (Å²) in [6, 6.07) is 0.407. The first-order chi connectivity index (χ1) is 7.34. The Morgan fingerprint density at radius 2 is 2.33 bits per heavy atom. The molecule has 5 nitrogen and oxygen atoms in total. The average molecular weight is 321 g/mol. The van der Waals surface area contributed by atoms with Crippen molar-refractivity contribution in [2.24, 2.45) is 0 Å². The summed E-state index contributed by atoms with van der Waals surface area (Å²) in [6.45, 7) is 2.97. The van der Waals surface area contributed by atoms with Gasteiger partial charge in [0.05, 0.1) is 6.61 Å². The van der Waals surface area contributed by atoms with Crippen molar-refractivity contribution in [3.8, 4) is 6.01 Å². The van der Waals surface area contributed by atoms with Gasteiger partial charge in [-0.2, -0.15) is 0 Å². The molecule has 0 amide bonds. The third-order valence-corrected chi connectivity index (χ3v) is 2.56. The van der Waals surface area contributed by atoms with E-state index in [4.69, 9.17) is 9.47 Å². The second kappa shape index (κ2) is 5.57. The van der Waals surface area contributed by atoms with Crippen molar-refractivity contribution in [2.75, 3.05) is 26.3 Å². The smallest absolute Gasteiger partial charge is 0.316 e. The molecule has 0 bridgehead atoms. The maximum absolute atomic E-state index is 5.48. The standard InChI is InChI=1S/C9H12IN3O2/c10-7-3-12-9(13-4-7)15-6-8-5-11-1-2-14-8/h3-4,8,11H,1-2,5-6H2. The van der Waals surface area contributed by atoms with Crippen LogP contribution in [-0.2, 0) is 4.74 Å². The maximum Gasteiger partial charge on any atom is 0.316 e. The molecule has 6 heteroatoms. The molecule has 0 saturated carbocycles. The van der Waals surface area contributed by atoms with Crippen LogP contribution >= 0.6 is 22.6 Å². The van der Waals surface area contributed by atoms with Crippen molar-refractivity contribution in [2.45, 2.75) is 6.10 Å². The van der Waals surface area contributed by atoms with E-state index in [2.05, 4.69) is 37.9 Å². The molecule has 1 saturated heterocycles. The lowest BCUT2D eigenvalue weighted by molar-refractivity contribution is -0.00179. The minimum atomic E-state index is 0.0987. The van der Waals surface area contributed by atoms with E-state index in [9.17, 15) is 0 Å². The van der Waals surface area contributed by atoms with Gasteiger partial charge in [-0.1, -0.05) is 0 Å². The SMILES string of the molecule is Ic1cnc(OCC2CNCCO2)nc1. The highest BCUT2D eigenvalue weighted by Crippen LogP contribution is 2.06. The van der Waals surface area contributed by atoms with Crippen molar-refractivity contribution in [1.29, 1.82) is 0 Å². The second-order valence-electron chi connectivity index (χ2n) is 3.19. The Hall–Kier alpha value is -0.470. The summed E-state index contributed by atoms with van der Waals surface area (Å²) in [5.74, 6) is 0. The zero-order chi connectivity index (χ0) is 10.5. The molecular weight excluding hydrogens is 309 g/mol. The molecule has 1 aliphatic rings. The van der Waals surface area contributed by atoms with Crippen LogP contribution in [0.15, 0.2) is 12.4 Å². The zero-order valence-corrected chi connectivity index (χ0v) is 10.3. The van der Waals surface area contributed by atoms with Gasteiger partial charge in [0.25, 0.3) is 0 Å². The molecule has 1 unspecified atom stereocenters. The maximum atomic E-state index is 5.48. The summed E-state index contributed by atoms with van der Waals surface area (Å²) >= 11 is 2.15. The number of hydrogen-bond donors (Lipinski definition) is 1. The van der Waals surface area contributed by atoms with Gasteiger partial charge in [0, 0.05) is 29.1 Å². The van der Waals surface area contributed by atoms with Crippen LogP contribution in [0.3, 0.4) is 0 Å². The Kier molecular flexibility index (Phi) is 4.09. The van der Waals surface area contributed by atoms with Gasteiger partial charge < -0.3 is 14.8 Å². The fourth-order valence-corrected chi connectivity index (χ4v) is 1.55. The van der Waals surface area contributed by atoms with Gasteiger partial charge in [0.1, 0.15) is 12.7 Å². The first-order valence-corrected chi connectivity index (χ1v) is 5.85. The second-order valence-corrected chi connectivity index (χ2v) is 4.44. The number of aromatic nitrogens is 2. The predicted octanol–water partition coefficient (Wildman–Crippen LogP) is 0.448. The monoisotopic (exact) mass is 321 g/mol. The van der Waals surface area contributed by atoms with Gasteiger partial charge in [0.2, 0.25) is 0 Å². The van der Waals surface area contributed by atoms with Crippen molar-refractivity contribution in [3.63, 3.8) is 0 Å². The molecule has 1 fully saturated rings. The Bertz CT molecular complexity index is 301. The van der Waals surface area contributed by atoms with Crippen LogP contribution in [0.5, 0.6) is 6.01 Å². The summed E-state index contributed by atoms with van der Waals surface area (Å²) in [5.41, 5.74) is 0. The Labute approximate surface area is 102 Å². The van der Waals surface area contributed by atoms with Crippen LogP contribution in [0.25, 0.3) is 0 Å². The fraction of sp³-hybridized carbons (Fsp3) is 0.556. The molecule has 1 aliphatic heterocycles. The van der Waals surface area contributed by atoms with Crippen LogP contribution in [0, 0.1) is 3.57 Å². The highest BCUT2D eigenvalue weighted by Gasteiger charge is 2.14. The van der Waals surface area contributed by atoms with E-state index in [0.717, 1.165) is 23.3 Å². The number of rotatable bonds is 3. The van der Waals surface area contributed by atoms with E-state index < -0.39 is 0 Å². The van der Waals surface area contributed by atoms with Crippen LogP contribution in [0.4, 0.5) is 0 Å². The number of ether oxygens (including phenoxy) is 2. The third-order valence-electron chi connectivity index (χ3n) is 2.00. The molecule has 2 heterocycles. The topological polar surface area (TPSA) is 56.3 Å². The quantitative estimate of drug-likeness (QED) is 0.819. The molecule has 0 aliphatic carbocycles. The molecule has 0 aromatic carbocycles. The van der Waals surface area contributed by atoms with Gasteiger partial charge in [-0.25, -0.2) is 9.97 Å². The van der Waals surface area contributed by atoms with Crippen molar-refractivity contribution in [1.82, 2.24) is 15.3 Å². The van der Waals surface area contributed by atoms with E-state index in [1.54, 1.807) is 12.4 Å². The lowest BCUT2D eigenvalue weighted by Gasteiger charge is -2.22. The van der Waals surface area contributed by atoms with Gasteiger partial charge >= 0.3 is 6.01 Å². The molecule has 0 radical (unpaired) electrons. The van der Waals surface area contributed by atoms with Crippen molar-refractivity contribution < 1.29 is 9.47 Å². The summed E-state index contributed by atoms with van der Waals surface area (Å²) in [5, 5.41) is 3.23. The molecule has 0 spiro atoms. The Morgan fingerprint density at radius 1 is 1.53 bits per heavy atom. The molecule has 15 heavy (non-hydrogen) atoms. The molecule has 2 rings (SSSR count). The highest BCUT2D eigenvalue weighted by molar-refractivity contribution is 14.1. The highest BCUT2D eigenvalue weighted by atomic mass is 127. The normalized spacial score (nSPS) is 21.3. The van der Waals surface area contributed by atoms with E-state index >= 15 is 0 Å². The van der Waals surface area contributed by atoms with Crippen molar-refractivity contribution in [3.05, 3.63) is 16.0 Å². The van der Waals surface area contributed by atoms with E-state index in [1.807, 2.05) is 0 Å². The molecule has 82 valence electrons. The van der Waals surface area contributed by atoms with Gasteiger partial charge in [0.15, 0.2) is 0 Å². The molecule has 1 N–H and O–H groups in total. The summed E-state index contributed by atoms with van der Waals surface area (Å²) in [4.78, 5) is 8.09. The van der Waals surface area contributed by atoms with E-state index in [0.29, 0.717) is 12.6 Å². The first-order valence-electron chi connectivity index (χ1n) is 4.77. The zero-order valence-electron chi connectivity index (χ0n) is 8.15. The predicted molar refractivity (Wildman–Crippen MR) is 62.9 cm³/mol. The van der Waals surface area contributed by atoms with Crippen LogP contribution in [0.1, 0.15) is 0 Å². The number of hydrogen-bond acceptors (Lipinski definition) is 5. The summed E-state index contributed by atoms with van der Waals surface area (Å²) < 4.78 is 11.9. The largest absolute Gasteiger partial charge is 0.461 e. The van der Waals surface area contributed by atoms with Crippen LogP contribution in [-0.4, -0.2) is 42.4 Å². The lowest BCUT2D eigenvalue weighted by atomic mass is 10.3. The minimum Gasteiger partial charge on any atom is -0.461 e. The van der Waals surface area contributed by atoms with Gasteiger partial charge in [-0.15, -0.1) is 0 Å². The van der Waals surface area contributed by atoms with Gasteiger partial charge in [-0.05, 0) is 22.6 Å². The average Bonchev–Trinajstić information content (AvgIpc) is 2.30. The number of nitrogens with one attached hydrogen (secondary N) is 1. The molecule has 1 aromatic rings. The number of halogens is 1. The summed E-state index contributed by atoms with van der Waals surface area (Å²) in [7, 11) is 0. The minimum absolute atomic E-state index is 0.0987. The Balaban J connectivity index is 1.79. The van der Waals surface area contributed by atoms with Crippen LogP contribution in [0.2, 0.25) is 0 Å². The summed E-state index contributed by atoms with van der Waals surface area (Å²) in [6.07, 6.45) is 3.55. The fourth-order valence-electron chi connectivity index (χ4n) is 1.27. The first kappa shape index (κ1) is 11.0. The number of morpholine rings is 1. The lowest BCUT2D eigenvalue weighted by Crippen LogP contribution is -2.41. The third kappa shape index (κ3) is 3.54. The van der Waals surface area contributed by atoms with Gasteiger partial charge in [-0.3, -0.25) is 0 Å². The molecular formula is C9H12IN3O2. The Morgan fingerprint density at radius 3 is 3.00 bits per heavy atom. The van der Waals surface area contributed by atoms with E-state index in [-0.39, 0.29) is 6.10 Å². The van der Waals surface area contributed by atoms with Crippen molar-refractivity contribution >= 4 is 22.6 Å². The number of nitrogens with zero attached hydrogens (tertiary/aromatic N) is 2. The van der Waals surface area contributed by atoms with Crippen LogP contribution < -0.4 is 10.1 Å². The molecule has 1 aromatic heterocycles. The molecule has 1 atom stereocenters.